The minimum absolute atomic E-state index is 0.188. The molecule has 5 aliphatic rings. The molecule has 0 heterocycles. The van der Waals surface area contributed by atoms with Gasteiger partial charge in [0.05, 0.1) is 0 Å². The van der Waals surface area contributed by atoms with Crippen molar-refractivity contribution < 1.29 is 9.53 Å². The van der Waals surface area contributed by atoms with Crippen molar-refractivity contribution >= 4 is 5.97 Å². The molecule has 5 unspecified atom stereocenters. The Bertz CT molecular complexity index is 516. The Balaban J connectivity index is 1.98. The van der Waals surface area contributed by atoms with Crippen LogP contribution in [0.25, 0.3) is 0 Å². The summed E-state index contributed by atoms with van der Waals surface area (Å²) in [7, 11) is 0. The lowest BCUT2D eigenvalue weighted by Crippen LogP contribution is -2.65. The zero-order valence-electron chi connectivity index (χ0n) is 13.9. The molecule has 4 bridgehead atoms. The van der Waals surface area contributed by atoms with Gasteiger partial charge in [0.15, 0.2) is 0 Å². The van der Waals surface area contributed by atoms with E-state index < -0.39 is 0 Å². The summed E-state index contributed by atoms with van der Waals surface area (Å²) in [6.45, 7) is 12.3. The van der Waals surface area contributed by atoms with Gasteiger partial charge in [-0.3, -0.25) is 0 Å². The average molecular weight is 288 g/mol. The summed E-state index contributed by atoms with van der Waals surface area (Å²) in [4.78, 5) is 12.3. The van der Waals surface area contributed by atoms with Gasteiger partial charge >= 0.3 is 5.97 Å². The van der Waals surface area contributed by atoms with Crippen LogP contribution < -0.4 is 0 Å². The number of fused-ring (bicyclic) bond motifs is 1. The van der Waals surface area contributed by atoms with Gasteiger partial charge in [-0.05, 0) is 51.4 Å². The van der Waals surface area contributed by atoms with Crippen LogP contribution in [0.1, 0.15) is 59.8 Å². The first-order chi connectivity index (χ1) is 9.91. The molecule has 0 amide bonds. The van der Waals surface area contributed by atoms with E-state index in [1.54, 1.807) is 18.1 Å². The molecule has 0 spiro atoms. The summed E-state index contributed by atoms with van der Waals surface area (Å²) in [5.41, 5.74) is 3.49. The number of carbonyl (C=O) groups excluding carboxylic acids is 1. The highest BCUT2D eigenvalue weighted by molar-refractivity contribution is 5.87. The highest BCUT2D eigenvalue weighted by atomic mass is 16.6. The maximum Gasteiger partial charge on any atom is 0.333 e. The molecule has 2 nitrogen and oxygen atoms in total. The summed E-state index contributed by atoms with van der Waals surface area (Å²) in [6.07, 6.45) is 5.85. The van der Waals surface area contributed by atoms with Crippen molar-refractivity contribution in [1.82, 2.24) is 0 Å². The molecule has 116 valence electrons. The van der Waals surface area contributed by atoms with Crippen LogP contribution in [0.5, 0.6) is 0 Å². The molecule has 5 atom stereocenters. The molecule has 0 radical (unpaired) electrons. The monoisotopic (exact) mass is 288 g/mol. The summed E-state index contributed by atoms with van der Waals surface area (Å²) >= 11 is 0. The fourth-order valence-corrected chi connectivity index (χ4v) is 5.41. The van der Waals surface area contributed by atoms with E-state index in [4.69, 9.17) is 4.74 Å². The molecule has 0 saturated heterocycles. The lowest BCUT2D eigenvalue weighted by atomic mass is 9.43. The predicted octanol–water partition coefficient (Wildman–Crippen LogP) is 4.66. The van der Waals surface area contributed by atoms with Gasteiger partial charge in [-0.15, -0.1) is 0 Å². The van der Waals surface area contributed by atoms with Crippen molar-refractivity contribution in [2.24, 2.45) is 23.7 Å². The molecule has 0 aromatic carbocycles. The van der Waals surface area contributed by atoms with Gasteiger partial charge in [0.2, 0.25) is 0 Å². The van der Waals surface area contributed by atoms with Gasteiger partial charge in [0.25, 0.3) is 0 Å². The van der Waals surface area contributed by atoms with Crippen molar-refractivity contribution in [3.63, 3.8) is 0 Å². The molecule has 0 aromatic heterocycles. The molecular weight excluding hydrogens is 260 g/mol. The van der Waals surface area contributed by atoms with Crippen molar-refractivity contribution in [3.8, 4) is 0 Å². The minimum atomic E-state index is -0.254. The topological polar surface area (TPSA) is 26.3 Å². The third kappa shape index (κ3) is 1.94. The first kappa shape index (κ1) is 14.9. The Morgan fingerprint density at radius 1 is 1.48 bits per heavy atom. The highest BCUT2D eigenvalue weighted by Gasteiger charge is 2.65. The Morgan fingerprint density at radius 2 is 2.19 bits per heavy atom. The minimum Gasteiger partial charge on any atom is -0.455 e. The van der Waals surface area contributed by atoms with E-state index in [1.807, 2.05) is 0 Å². The van der Waals surface area contributed by atoms with Gasteiger partial charge in [0, 0.05) is 17.4 Å². The van der Waals surface area contributed by atoms with E-state index >= 15 is 0 Å². The van der Waals surface area contributed by atoms with E-state index in [0.29, 0.717) is 23.3 Å². The maximum absolute atomic E-state index is 12.3. The molecule has 5 aliphatic carbocycles. The molecule has 0 N–H and O–H groups in total. The van der Waals surface area contributed by atoms with E-state index in [1.165, 1.54) is 12.8 Å². The summed E-state index contributed by atoms with van der Waals surface area (Å²) in [5.74, 6) is 2.04. The molecule has 3 fully saturated rings. The number of hydrogen-bond acceptors (Lipinski definition) is 2. The second-order valence-electron chi connectivity index (χ2n) is 7.57. The number of carbonyl (C=O) groups is 1. The molecule has 5 rings (SSSR count). The van der Waals surface area contributed by atoms with Crippen LogP contribution in [0.15, 0.2) is 23.3 Å². The molecule has 0 aromatic rings. The zero-order chi connectivity index (χ0) is 15.4. The van der Waals surface area contributed by atoms with Crippen molar-refractivity contribution in [2.75, 3.05) is 0 Å². The second-order valence-corrected chi connectivity index (χ2v) is 7.57. The first-order valence-corrected chi connectivity index (χ1v) is 8.50. The Hall–Kier alpha value is -1.05. The summed E-state index contributed by atoms with van der Waals surface area (Å²) in [6, 6.07) is 0. The van der Waals surface area contributed by atoms with Crippen molar-refractivity contribution in [1.29, 1.82) is 0 Å². The number of esters is 1. The molecule has 3 saturated carbocycles. The Morgan fingerprint density at radius 3 is 2.71 bits per heavy atom. The van der Waals surface area contributed by atoms with E-state index in [0.717, 1.165) is 25.2 Å². The van der Waals surface area contributed by atoms with Gasteiger partial charge in [-0.25, -0.2) is 4.79 Å². The standard InChI is InChI=1S/C19H28O2/c1-6-7-13(5)19(21-18(20)11(2)3)15-8-12(4)17-14(9-15)10-16(17)19/h13-16H,2,6-10H2,1,3-5H3. The number of hydrogen-bond donors (Lipinski definition) is 0. The zero-order valence-corrected chi connectivity index (χ0v) is 13.9. The third-order valence-corrected chi connectivity index (χ3v) is 6.24. The Kier molecular flexibility index (Phi) is 3.54. The fraction of sp³-hybridized carbons (Fsp3) is 0.737. The van der Waals surface area contributed by atoms with Gasteiger partial charge in [0.1, 0.15) is 5.60 Å². The quantitative estimate of drug-likeness (QED) is 0.418. The largest absolute Gasteiger partial charge is 0.455 e. The number of allylic oxidation sites excluding steroid dienone is 1. The van der Waals surface area contributed by atoms with Gasteiger partial charge in [-0.1, -0.05) is 38.0 Å². The molecule has 2 heteroatoms. The van der Waals surface area contributed by atoms with E-state index in [2.05, 4.69) is 27.4 Å². The van der Waals surface area contributed by atoms with Crippen LogP contribution in [-0.2, 0) is 9.53 Å². The van der Waals surface area contributed by atoms with E-state index in [-0.39, 0.29) is 11.6 Å². The van der Waals surface area contributed by atoms with E-state index in [9.17, 15) is 4.79 Å². The SMILES string of the molecule is C=C(C)C(=O)OC1(C(C)CCC)C2CC(C)=C3C(C2)CC31. The fourth-order valence-electron chi connectivity index (χ4n) is 5.41. The van der Waals surface area contributed by atoms with Crippen molar-refractivity contribution in [3.05, 3.63) is 23.3 Å². The van der Waals surface area contributed by atoms with Crippen LogP contribution in [0.3, 0.4) is 0 Å². The van der Waals surface area contributed by atoms with Gasteiger partial charge < -0.3 is 4.74 Å². The summed E-state index contributed by atoms with van der Waals surface area (Å²) in [5, 5.41) is 0. The van der Waals surface area contributed by atoms with Crippen molar-refractivity contribution in [2.45, 2.75) is 65.4 Å². The predicted molar refractivity (Wildman–Crippen MR) is 84.7 cm³/mol. The second kappa shape index (κ2) is 5.00. The normalized spacial score (nSPS) is 38.0. The lowest BCUT2D eigenvalue weighted by molar-refractivity contribution is -0.208. The highest BCUT2D eigenvalue weighted by Crippen LogP contribution is 2.67. The van der Waals surface area contributed by atoms with Crippen LogP contribution >= 0.6 is 0 Å². The molecule has 0 aliphatic heterocycles. The van der Waals surface area contributed by atoms with Crippen LogP contribution in [0.4, 0.5) is 0 Å². The van der Waals surface area contributed by atoms with Gasteiger partial charge in [-0.2, -0.15) is 0 Å². The molecule has 21 heavy (non-hydrogen) atoms. The number of ether oxygens (including phenoxy) is 1. The summed E-state index contributed by atoms with van der Waals surface area (Å²) < 4.78 is 6.21. The number of rotatable bonds is 5. The van der Waals surface area contributed by atoms with Crippen LogP contribution in [-0.4, -0.2) is 11.6 Å². The first-order valence-electron chi connectivity index (χ1n) is 8.50. The maximum atomic E-state index is 12.3. The van der Waals surface area contributed by atoms with Crippen LogP contribution in [0.2, 0.25) is 0 Å². The molecular formula is C19H28O2. The smallest absolute Gasteiger partial charge is 0.333 e. The Labute approximate surface area is 128 Å². The lowest BCUT2D eigenvalue weighted by Gasteiger charge is -2.65. The third-order valence-electron chi connectivity index (χ3n) is 6.24. The average Bonchev–Trinajstić information content (AvgIpc) is 2.38. The van der Waals surface area contributed by atoms with Crippen LogP contribution in [0, 0.1) is 23.7 Å².